The van der Waals surface area contributed by atoms with Gasteiger partial charge in [-0.05, 0) is 61.4 Å². The number of rotatable bonds is 8. The van der Waals surface area contributed by atoms with Crippen LogP contribution in [0.2, 0.25) is 0 Å². The zero-order chi connectivity index (χ0) is 23.4. The third-order valence-electron chi connectivity index (χ3n) is 4.65. The Bertz CT molecular complexity index is 1360. The molecule has 2 aromatic heterocycles. The van der Waals surface area contributed by atoms with Crippen LogP contribution in [0.25, 0.3) is 0 Å². The van der Waals surface area contributed by atoms with Gasteiger partial charge in [0, 0.05) is 23.5 Å². The topological polar surface area (TPSA) is 115 Å². The number of nitrogens with zero attached hydrogens (tertiary/aromatic N) is 3. The van der Waals surface area contributed by atoms with Crippen molar-refractivity contribution in [3.8, 4) is 5.75 Å². The molecule has 0 saturated heterocycles. The van der Waals surface area contributed by atoms with E-state index >= 15 is 0 Å². The lowest BCUT2D eigenvalue weighted by atomic mass is 10.1. The number of anilines is 2. The second-order valence-corrected chi connectivity index (χ2v) is 9.78. The number of carbonyl (C=O) groups is 1. The fourth-order valence-corrected chi connectivity index (χ4v) is 4.70. The van der Waals surface area contributed by atoms with Gasteiger partial charge in [0.05, 0.1) is 4.90 Å². The number of hydrogen-bond donors (Lipinski definition) is 2. The Balaban J connectivity index is 1.36. The minimum Gasteiger partial charge on any atom is -0.471 e. The molecule has 0 atom stereocenters. The zero-order valence-corrected chi connectivity index (χ0v) is 19.5. The van der Waals surface area contributed by atoms with Crippen molar-refractivity contribution < 1.29 is 17.9 Å². The number of ether oxygens (including phenoxy) is 1. The maximum Gasteiger partial charge on any atom is 0.276 e. The summed E-state index contributed by atoms with van der Waals surface area (Å²) >= 11 is 1.18. The molecule has 0 aliphatic rings. The van der Waals surface area contributed by atoms with E-state index in [0.29, 0.717) is 5.69 Å². The van der Waals surface area contributed by atoms with E-state index in [0.717, 1.165) is 16.9 Å². The van der Waals surface area contributed by atoms with Gasteiger partial charge in [-0.15, -0.1) is 11.3 Å². The van der Waals surface area contributed by atoms with Crippen molar-refractivity contribution in [1.29, 1.82) is 0 Å². The number of benzene rings is 2. The van der Waals surface area contributed by atoms with E-state index < -0.39 is 15.9 Å². The number of amides is 1. The van der Waals surface area contributed by atoms with Crippen molar-refractivity contribution >= 4 is 38.1 Å². The molecule has 2 N–H and O–H groups in total. The molecular weight excluding hydrogens is 462 g/mol. The van der Waals surface area contributed by atoms with E-state index in [2.05, 4.69) is 20.1 Å². The number of nitrogens with one attached hydrogen (secondary N) is 2. The Morgan fingerprint density at radius 1 is 1.12 bits per heavy atom. The van der Waals surface area contributed by atoms with Crippen LogP contribution in [-0.4, -0.2) is 29.1 Å². The number of aromatic nitrogens is 3. The van der Waals surface area contributed by atoms with Crippen molar-refractivity contribution in [1.82, 2.24) is 14.8 Å². The molecule has 170 valence electrons. The molecule has 0 unspecified atom stereocenters. The molecule has 0 fully saturated rings. The van der Waals surface area contributed by atoms with Gasteiger partial charge >= 0.3 is 0 Å². The number of aryl methyl sites for hydroxylation is 2. The highest BCUT2D eigenvalue weighted by Crippen LogP contribution is 2.21. The molecule has 2 heterocycles. The first kappa shape index (κ1) is 22.5. The maximum absolute atomic E-state index is 12.5. The van der Waals surface area contributed by atoms with Crippen LogP contribution < -0.4 is 14.8 Å². The highest BCUT2D eigenvalue weighted by Gasteiger charge is 2.16. The summed E-state index contributed by atoms with van der Waals surface area (Å²) in [5.41, 5.74) is 2.75. The van der Waals surface area contributed by atoms with E-state index in [1.54, 1.807) is 17.6 Å². The van der Waals surface area contributed by atoms with Gasteiger partial charge in [-0.25, -0.2) is 18.1 Å². The van der Waals surface area contributed by atoms with Crippen molar-refractivity contribution in [2.45, 2.75) is 25.5 Å². The second kappa shape index (κ2) is 9.43. The maximum atomic E-state index is 12.5. The summed E-state index contributed by atoms with van der Waals surface area (Å²) in [7, 11) is -3.76. The molecular formula is C22H21N5O4S2. The van der Waals surface area contributed by atoms with Crippen LogP contribution in [0.1, 0.15) is 21.6 Å². The zero-order valence-electron chi connectivity index (χ0n) is 17.8. The van der Waals surface area contributed by atoms with E-state index in [1.807, 2.05) is 32.0 Å². The second-order valence-electron chi connectivity index (χ2n) is 7.20. The van der Waals surface area contributed by atoms with Crippen molar-refractivity contribution in [3.05, 3.63) is 83.1 Å². The van der Waals surface area contributed by atoms with Crippen LogP contribution in [0.4, 0.5) is 10.8 Å². The molecule has 0 bridgehead atoms. The van der Waals surface area contributed by atoms with Crippen LogP contribution in [0, 0.1) is 13.8 Å². The van der Waals surface area contributed by atoms with Crippen molar-refractivity contribution in [2.24, 2.45) is 0 Å². The highest BCUT2D eigenvalue weighted by molar-refractivity contribution is 7.93. The number of hydrogen-bond acceptors (Lipinski definition) is 7. The van der Waals surface area contributed by atoms with Gasteiger partial charge in [-0.2, -0.15) is 5.10 Å². The Morgan fingerprint density at radius 2 is 1.91 bits per heavy atom. The number of sulfonamides is 1. The minimum absolute atomic E-state index is 0.0589. The molecule has 1 amide bonds. The molecule has 0 saturated carbocycles. The molecule has 0 aliphatic heterocycles. The van der Waals surface area contributed by atoms with Crippen LogP contribution in [0.5, 0.6) is 5.75 Å². The summed E-state index contributed by atoms with van der Waals surface area (Å²) in [6.45, 7) is 4.11. The van der Waals surface area contributed by atoms with E-state index in [9.17, 15) is 13.2 Å². The van der Waals surface area contributed by atoms with Gasteiger partial charge in [0.15, 0.2) is 17.6 Å². The number of thiazole rings is 1. The van der Waals surface area contributed by atoms with Crippen LogP contribution >= 0.6 is 11.3 Å². The average Bonchev–Trinajstić information content (AvgIpc) is 3.47. The molecule has 9 nitrogen and oxygen atoms in total. The molecule has 33 heavy (non-hydrogen) atoms. The largest absolute Gasteiger partial charge is 0.471 e. The Morgan fingerprint density at radius 3 is 2.64 bits per heavy atom. The van der Waals surface area contributed by atoms with Crippen LogP contribution in [0.3, 0.4) is 0 Å². The summed E-state index contributed by atoms with van der Waals surface area (Å²) in [6, 6.07) is 13.4. The van der Waals surface area contributed by atoms with E-state index in [4.69, 9.17) is 4.74 Å². The first-order chi connectivity index (χ1) is 15.8. The average molecular weight is 484 g/mol. The lowest BCUT2D eigenvalue weighted by Crippen LogP contribution is -2.15. The summed E-state index contributed by atoms with van der Waals surface area (Å²) < 4.78 is 34.5. The van der Waals surface area contributed by atoms with Gasteiger partial charge in [-0.1, -0.05) is 12.1 Å². The van der Waals surface area contributed by atoms with Gasteiger partial charge < -0.3 is 10.1 Å². The first-order valence-electron chi connectivity index (χ1n) is 9.87. The van der Waals surface area contributed by atoms with Gasteiger partial charge in [0.25, 0.3) is 15.9 Å². The minimum atomic E-state index is -3.76. The fourth-order valence-electron chi connectivity index (χ4n) is 2.91. The summed E-state index contributed by atoms with van der Waals surface area (Å²) in [5, 5.41) is 8.90. The summed E-state index contributed by atoms with van der Waals surface area (Å²) in [6.07, 6.45) is 3.16. The number of carbonyl (C=O) groups excluding carboxylic acids is 1. The van der Waals surface area contributed by atoms with Crippen molar-refractivity contribution in [3.63, 3.8) is 0 Å². The molecule has 0 spiro atoms. The lowest BCUT2D eigenvalue weighted by molar-refractivity contribution is 0.102. The lowest BCUT2D eigenvalue weighted by Gasteiger charge is -2.10. The Labute approximate surface area is 195 Å². The summed E-state index contributed by atoms with van der Waals surface area (Å²) in [4.78, 5) is 16.5. The van der Waals surface area contributed by atoms with E-state index in [-0.39, 0.29) is 22.5 Å². The van der Waals surface area contributed by atoms with Crippen LogP contribution in [-0.2, 0) is 16.8 Å². The third-order valence-corrected chi connectivity index (χ3v) is 6.82. The standard InChI is InChI=1S/C22H21N5O4S2/c1-15-3-4-16(2)20(13-15)31-14-27-11-9-19(25-27)21(28)24-17-5-7-18(8-6-17)33(29,30)26-22-23-10-12-32-22/h3-13H,14H2,1-2H3,(H,23,26)(H,24,28). The first-order valence-corrected chi connectivity index (χ1v) is 12.2. The normalized spacial score (nSPS) is 11.2. The predicted octanol–water partition coefficient (Wildman–Crippen LogP) is 4.05. The molecule has 0 radical (unpaired) electrons. The quantitative estimate of drug-likeness (QED) is 0.391. The van der Waals surface area contributed by atoms with Crippen LogP contribution in [0.15, 0.2) is 71.2 Å². The van der Waals surface area contributed by atoms with Gasteiger partial charge in [0.2, 0.25) is 0 Å². The van der Waals surface area contributed by atoms with Gasteiger partial charge in [0.1, 0.15) is 5.75 Å². The highest BCUT2D eigenvalue weighted by atomic mass is 32.2. The Kier molecular flexibility index (Phi) is 6.43. The molecule has 11 heteroatoms. The summed E-state index contributed by atoms with van der Waals surface area (Å²) in [5.74, 6) is 0.341. The monoisotopic (exact) mass is 483 g/mol. The SMILES string of the molecule is Cc1ccc(C)c(OCn2ccc(C(=O)Nc3ccc(S(=O)(=O)Nc4nccs4)cc3)n2)c1. The molecule has 2 aromatic carbocycles. The van der Waals surface area contributed by atoms with E-state index in [1.165, 1.54) is 46.5 Å². The third kappa shape index (κ3) is 5.57. The fraction of sp³-hybridized carbons (Fsp3) is 0.136. The molecule has 4 rings (SSSR count). The predicted molar refractivity (Wildman–Crippen MR) is 126 cm³/mol. The Hall–Kier alpha value is -3.70. The molecule has 4 aromatic rings. The molecule has 0 aliphatic carbocycles. The smallest absolute Gasteiger partial charge is 0.276 e. The van der Waals surface area contributed by atoms with Gasteiger partial charge in [-0.3, -0.25) is 9.52 Å². The van der Waals surface area contributed by atoms with Crippen molar-refractivity contribution in [2.75, 3.05) is 10.0 Å².